The molecule has 2 amide bonds. The summed E-state index contributed by atoms with van der Waals surface area (Å²) in [7, 11) is 1.55. The number of carbonyl (C=O) groups is 2. The predicted octanol–water partition coefficient (Wildman–Crippen LogP) is 4.50. The normalized spacial score (nSPS) is 24.3. The molecule has 1 aromatic heterocycles. The Morgan fingerprint density at radius 2 is 1.95 bits per heavy atom. The van der Waals surface area contributed by atoms with E-state index in [0.29, 0.717) is 29.7 Å². The van der Waals surface area contributed by atoms with Gasteiger partial charge in [0.2, 0.25) is 11.8 Å². The average molecular weight is 579 g/mol. The summed E-state index contributed by atoms with van der Waals surface area (Å²) in [6, 6.07) is 9.48. The Labute approximate surface area is 245 Å². The van der Waals surface area contributed by atoms with Gasteiger partial charge in [0.15, 0.2) is 11.6 Å². The number of likely N-dealkylation sites (tertiary alicyclic amines) is 1. The van der Waals surface area contributed by atoms with Crippen LogP contribution in [0.3, 0.4) is 0 Å². The number of imide groups is 1. The second kappa shape index (κ2) is 13.3. The molecule has 224 valence electrons. The van der Waals surface area contributed by atoms with Gasteiger partial charge in [-0.3, -0.25) is 19.5 Å². The third-order valence-electron chi connectivity index (χ3n) is 9.03. The molecule has 42 heavy (non-hydrogen) atoms. The molecule has 0 spiro atoms. The van der Waals surface area contributed by atoms with Crippen molar-refractivity contribution in [1.29, 1.82) is 0 Å². The van der Waals surface area contributed by atoms with Gasteiger partial charge in [-0.2, -0.15) is 0 Å². The summed E-state index contributed by atoms with van der Waals surface area (Å²) in [6.45, 7) is -0.180. The summed E-state index contributed by atoms with van der Waals surface area (Å²) >= 11 is 0. The van der Waals surface area contributed by atoms with Gasteiger partial charge < -0.3 is 20.1 Å². The maximum atomic E-state index is 14.1. The van der Waals surface area contributed by atoms with Crippen molar-refractivity contribution >= 4 is 23.5 Å². The van der Waals surface area contributed by atoms with Crippen LogP contribution in [0.25, 0.3) is 11.6 Å². The lowest BCUT2D eigenvalue weighted by molar-refractivity contribution is -0.143. The maximum Gasteiger partial charge on any atom is 0.234 e. The highest BCUT2D eigenvalue weighted by molar-refractivity contribution is 6.06. The number of pyridine rings is 1. The number of aliphatic hydroxyl groups excluding tert-OH is 2. The molecular formula is C33H39FN2O6. The number of methoxy groups -OCH3 is 1. The number of ether oxygens (including phenoxy) is 1. The number of allylic oxidation sites excluding steroid dienone is 1. The van der Waals surface area contributed by atoms with E-state index in [0.717, 1.165) is 43.3 Å². The molecule has 1 aromatic carbocycles. The minimum atomic E-state index is -1.01. The number of aliphatic hydroxyl groups is 2. The van der Waals surface area contributed by atoms with Crippen molar-refractivity contribution in [2.75, 3.05) is 20.3 Å². The monoisotopic (exact) mass is 578 g/mol. The minimum absolute atomic E-state index is 0.0984. The maximum absolute atomic E-state index is 14.1. The van der Waals surface area contributed by atoms with Gasteiger partial charge in [-0.15, -0.1) is 0 Å². The Morgan fingerprint density at radius 1 is 1.17 bits per heavy atom. The van der Waals surface area contributed by atoms with Crippen LogP contribution >= 0.6 is 0 Å². The van der Waals surface area contributed by atoms with Gasteiger partial charge in [0, 0.05) is 25.3 Å². The number of rotatable bonds is 10. The van der Waals surface area contributed by atoms with Crippen LogP contribution in [0, 0.1) is 23.6 Å². The number of nitrogens with zero attached hydrogens (tertiary/aromatic N) is 2. The number of aromatic nitrogens is 1. The van der Waals surface area contributed by atoms with Crippen LogP contribution in [-0.2, 0) is 14.3 Å². The largest absolute Gasteiger partial charge is 0.505 e. The minimum Gasteiger partial charge on any atom is -0.505 e. The first-order chi connectivity index (χ1) is 20.3. The smallest absolute Gasteiger partial charge is 0.234 e. The first kappa shape index (κ1) is 30.1. The van der Waals surface area contributed by atoms with E-state index in [-0.39, 0.29) is 37.5 Å². The fraction of sp³-hybridized carbons (Fsp3) is 0.485. The SMILES string of the molecule is COCC1=C([C@H](O)CC/C(=C/c2ccc(O)c(F)c2)c2ccccn2)[C@H](CO)[C@@H]2C(=O)N(C3CCCCC3)C(=O)[C@@H]2C1. The molecule has 0 radical (unpaired) electrons. The zero-order chi connectivity index (χ0) is 29.8. The molecule has 2 aliphatic carbocycles. The summed E-state index contributed by atoms with van der Waals surface area (Å²) < 4.78 is 19.5. The summed E-state index contributed by atoms with van der Waals surface area (Å²) in [6.07, 6.45) is 8.01. The first-order valence-corrected chi connectivity index (χ1v) is 14.8. The molecule has 0 bridgehead atoms. The van der Waals surface area contributed by atoms with Gasteiger partial charge in [-0.05, 0) is 84.7 Å². The molecule has 1 aliphatic heterocycles. The van der Waals surface area contributed by atoms with E-state index in [1.54, 1.807) is 31.5 Å². The summed E-state index contributed by atoms with van der Waals surface area (Å²) in [4.78, 5) is 33.2. The molecule has 5 rings (SSSR count). The summed E-state index contributed by atoms with van der Waals surface area (Å²) in [5.41, 5.74) is 3.26. The number of halogens is 1. The zero-order valence-corrected chi connectivity index (χ0v) is 23.9. The van der Waals surface area contributed by atoms with Crippen molar-refractivity contribution in [3.05, 3.63) is 70.8 Å². The molecule has 1 saturated carbocycles. The van der Waals surface area contributed by atoms with E-state index in [1.165, 1.54) is 17.0 Å². The van der Waals surface area contributed by atoms with E-state index >= 15 is 0 Å². The van der Waals surface area contributed by atoms with Gasteiger partial charge in [0.05, 0.1) is 36.8 Å². The van der Waals surface area contributed by atoms with E-state index in [4.69, 9.17) is 4.74 Å². The second-order valence-electron chi connectivity index (χ2n) is 11.6. The molecule has 4 atom stereocenters. The van der Waals surface area contributed by atoms with Gasteiger partial charge in [-0.25, -0.2) is 4.39 Å². The average Bonchev–Trinajstić information content (AvgIpc) is 3.26. The third kappa shape index (κ3) is 6.04. The van der Waals surface area contributed by atoms with E-state index in [1.807, 2.05) is 12.1 Å². The Morgan fingerprint density at radius 3 is 2.62 bits per heavy atom. The van der Waals surface area contributed by atoms with Crippen LogP contribution in [0.15, 0.2) is 53.7 Å². The Hall–Kier alpha value is -3.40. The van der Waals surface area contributed by atoms with Crippen molar-refractivity contribution < 1.29 is 34.0 Å². The summed E-state index contributed by atoms with van der Waals surface area (Å²) in [5.74, 6) is -3.54. The van der Waals surface area contributed by atoms with Crippen molar-refractivity contribution in [3.63, 3.8) is 0 Å². The molecule has 9 heteroatoms. The molecule has 3 aliphatic rings. The zero-order valence-electron chi connectivity index (χ0n) is 23.9. The van der Waals surface area contributed by atoms with Crippen molar-refractivity contribution in [1.82, 2.24) is 9.88 Å². The number of benzene rings is 1. The van der Waals surface area contributed by atoms with E-state index < -0.39 is 35.4 Å². The lowest BCUT2D eigenvalue weighted by atomic mass is 9.68. The highest BCUT2D eigenvalue weighted by Crippen LogP contribution is 2.47. The Balaban J connectivity index is 1.42. The predicted molar refractivity (Wildman–Crippen MR) is 155 cm³/mol. The van der Waals surface area contributed by atoms with Crippen LogP contribution in [0.2, 0.25) is 0 Å². The van der Waals surface area contributed by atoms with Gasteiger partial charge in [-0.1, -0.05) is 31.4 Å². The number of hydrogen-bond donors (Lipinski definition) is 3. The van der Waals surface area contributed by atoms with Gasteiger partial charge >= 0.3 is 0 Å². The number of hydrogen-bond acceptors (Lipinski definition) is 7. The van der Waals surface area contributed by atoms with Crippen LogP contribution in [0.5, 0.6) is 5.75 Å². The van der Waals surface area contributed by atoms with Gasteiger partial charge in [0.1, 0.15) is 0 Å². The number of phenols is 1. The second-order valence-corrected chi connectivity index (χ2v) is 11.6. The van der Waals surface area contributed by atoms with E-state index in [2.05, 4.69) is 4.98 Å². The Bertz CT molecular complexity index is 1350. The van der Waals surface area contributed by atoms with Crippen molar-refractivity contribution in [2.24, 2.45) is 17.8 Å². The van der Waals surface area contributed by atoms with Crippen LogP contribution in [0.1, 0.15) is 62.6 Å². The fourth-order valence-corrected chi connectivity index (χ4v) is 7.08. The topological polar surface area (TPSA) is 120 Å². The third-order valence-corrected chi connectivity index (χ3v) is 9.03. The molecule has 2 fully saturated rings. The molecule has 3 N–H and O–H groups in total. The highest BCUT2D eigenvalue weighted by atomic mass is 19.1. The lowest BCUT2D eigenvalue weighted by Crippen LogP contribution is -2.42. The quantitative estimate of drug-likeness (QED) is 0.281. The number of aromatic hydroxyl groups is 1. The van der Waals surface area contributed by atoms with Crippen LogP contribution in [0.4, 0.5) is 4.39 Å². The highest BCUT2D eigenvalue weighted by Gasteiger charge is 2.56. The molecule has 2 aromatic rings. The Kier molecular flexibility index (Phi) is 9.50. The number of phenolic OH excluding ortho intramolecular Hbond substituents is 1. The van der Waals surface area contributed by atoms with Gasteiger partial charge in [0.25, 0.3) is 0 Å². The summed E-state index contributed by atoms with van der Waals surface area (Å²) in [5, 5.41) is 31.8. The fourth-order valence-electron chi connectivity index (χ4n) is 7.08. The van der Waals surface area contributed by atoms with Crippen molar-refractivity contribution in [2.45, 2.75) is 63.5 Å². The van der Waals surface area contributed by atoms with Crippen LogP contribution in [-0.4, -0.2) is 69.5 Å². The number of fused-ring (bicyclic) bond motifs is 1. The standard InChI is InChI=1S/C33H39FN2O6/c1-42-19-22-17-24-31(33(41)36(32(24)40)23-7-3-2-4-8-23)25(18-37)30(22)29(39)13-11-21(27-9-5-6-14-35-27)15-20-10-12-28(38)26(34)16-20/h5-6,9-10,12,14-16,23-25,29,31,37-39H,2-4,7-8,11,13,17-19H2,1H3/b21-15-/t24-,25+,29-,31-/m1/s1. The number of carbonyl (C=O) groups excluding carboxylic acids is 2. The first-order valence-electron chi connectivity index (χ1n) is 14.8. The number of amides is 2. The molecule has 0 unspecified atom stereocenters. The van der Waals surface area contributed by atoms with Crippen molar-refractivity contribution in [3.8, 4) is 5.75 Å². The van der Waals surface area contributed by atoms with E-state index in [9.17, 15) is 29.3 Å². The van der Waals surface area contributed by atoms with Crippen LogP contribution < -0.4 is 0 Å². The lowest BCUT2D eigenvalue weighted by Gasteiger charge is -2.36. The molecule has 2 heterocycles. The molecule has 8 nitrogen and oxygen atoms in total. The molecule has 1 saturated heterocycles. The molecular weight excluding hydrogens is 539 g/mol.